The molecule has 1 unspecified atom stereocenters. The van der Waals surface area contributed by atoms with Gasteiger partial charge in [0.15, 0.2) is 18.5 Å². The Morgan fingerprint density at radius 3 is 2.36 bits per heavy atom. The fourth-order valence-electron chi connectivity index (χ4n) is 1.54. The molecule has 2 aromatic rings. The molecule has 1 aromatic heterocycles. The second-order valence-electron chi connectivity index (χ2n) is 4.29. The third-order valence-corrected chi connectivity index (χ3v) is 2.77. The fourth-order valence-corrected chi connectivity index (χ4v) is 1.67. The molecule has 0 aliphatic heterocycles. The van der Waals surface area contributed by atoms with Crippen molar-refractivity contribution < 1.29 is 14.3 Å². The van der Waals surface area contributed by atoms with E-state index < -0.39 is 12.1 Å². The number of carbonyl (C=O) groups is 1. The first kappa shape index (κ1) is 15.8. The summed E-state index contributed by atoms with van der Waals surface area (Å²) in [6.45, 7) is 1.39. The van der Waals surface area contributed by atoms with Crippen molar-refractivity contribution in [2.24, 2.45) is 0 Å². The average Bonchev–Trinajstić information content (AvgIpc) is 2.46. The van der Waals surface area contributed by atoms with E-state index in [1.807, 2.05) is 0 Å². The normalized spacial score (nSPS) is 11.7. The molecule has 1 aromatic carbocycles. The molecule has 1 heterocycles. The Bertz CT molecular complexity index is 645. The zero-order chi connectivity index (χ0) is 16.1. The average molecular weight is 324 g/mol. The van der Waals surface area contributed by atoms with Gasteiger partial charge in [-0.05, 0) is 31.2 Å². The molecule has 22 heavy (non-hydrogen) atoms. The number of hydrogen-bond donors (Lipinski definition) is 2. The molecule has 0 aliphatic carbocycles. The molecule has 0 radical (unpaired) electrons. The number of rotatable bonds is 5. The number of nitrogens with two attached hydrogens (primary N) is 2. The monoisotopic (exact) mass is 323 g/mol. The number of carbonyl (C=O) groups excluding carboxylic acids is 1. The molecule has 9 heteroatoms. The van der Waals surface area contributed by atoms with Gasteiger partial charge >= 0.3 is 5.97 Å². The predicted molar refractivity (Wildman–Crippen MR) is 80.0 cm³/mol. The van der Waals surface area contributed by atoms with Gasteiger partial charge in [-0.2, -0.15) is 15.0 Å². The van der Waals surface area contributed by atoms with Crippen LogP contribution >= 0.6 is 11.6 Å². The highest BCUT2D eigenvalue weighted by atomic mass is 35.5. The van der Waals surface area contributed by atoms with Crippen LogP contribution < -0.4 is 16.2 Å². The maximum atomic E-state index is 11.9. The summed E-state index contributed by atoms with van der Waals surface area (Å²) in [4.78, 5) is 23.1. The van der Waals surface area contributed by atoms with Crippen molar-refractivity contribution in [3.8, 4) is 5.75 Å². The van der Waals surface area contributed by atoms with Crippen molar-refractivity contribution in [2.45, 2.75) is 19.6 Å². The van der Waals surface area contributed by atoms with Gasteiger partial charge in [-0.1, -0.05) is 11.6 Å². The molecule has 0 aliphatic rings. The molecule has 4 N–H and O–H groups in total. The molecule has 0 saturated heterocycles. The minimum Gasteiger partial charge on any atom is -0.479 e. The zero-order valence-electron chi connectivity index (χ0n) is 11.7. The number of nitrogen functional groups attached to an aromatic ring is 2. The number of ether oxygens (including phenoxy) is 2. The van der Waals surface area contributed by atoms with Gasteiger partial charge in [-0.25, -0.2) is 4.79 Å². The van der Waals surface area contributed by atoms with Crippen molar-refractivity contribution in [3.63, 3.8) is 0 Å². The zero-order valence-corrected chi connectivity index (χ0v) is 12.4. The highest BCUT2D eigenvalue weighted by Gasteiger charge is 2.17. The number of benzene rings is 1. The molecule has 0 amide bonds. The topological polar surface area (TPSA) is 126 Å². The Morgan fingerprint density at radius 2 is 1.77 bits per heavy atom. The first-order valence-electron chi connectivity index (χ1n) is 6.29. The first-order valence-corrected chi connectivity index (χ1v) is 6.66. The summed E-state index contributed by atoms with van der Waals surface area (Å²) >= 11 is 5.77. The largest absolute Gasteiger partial charge is 0.479 e. The lowest BCUT2D eigenvalue weighted by atomic mass is 10.3. The van der Waals surface area contributed by atoms with Gasteiger partial charge in [0.25, 0.3) is 0 Å². The number of esters is 1. The van der Waals surface area contributed by atoms with E-state index in [2.05, 4.69) is 15.0 Å². The van der Waals surface area contributed by atoms with Crippen molar-refractivity contribution in [1.29, 1.82) is 0 Å². The van der Waals surface area contributed by atoms with Gasteiger partial charge in [-0.15, -0.1) is 0 Å². The Balaban J connectivity index is 1.89. The van der Waals surface area contributed by atoms with Crippen molar-refractivity contribution in [2.75, 3.05) is 11.5 Å². The van der Waals surface area contributed by atoms with Gasteiger partial charge in [0.1, 0.15) is 5.75 Å². The number of hydrogen-bond acceptors (Lipinski definition) is 8. The Hall–Kier alpha value is -2.61. The lowest BCUT2D eigenvalue weighted by Gasteiger charge is -2.13. The van der Waals surface area contributed by atoms with Crippen LogP contribution in [-0.2, 0) is 16.1 Å². The summed E-state index contributed by atoms with van der Waals surface area (Å²) in [5, 5.41) is 0.576. The van der Waals surface area contributed by atoms with Crippen LogP contribution in [0.5, 0.6) is 5.75 Å². The van der Waals surface area contributed by atoms with Crippen LogP contribution in [0, 0.1) is 0 Å². The maximum absolute atomic E-state index is 11.9. The first-order chi connectivity index (χ1) is 10.4. The lowest BCUT2D eigenvalue weighted by molar-refractivity contribution is -0.152. The Labute approximate surface area is 131 Å². The van der Waals surface area contributed by atoms with E-state index in [4.69, 9.17) is 32.5 Å². The van der Waals surface area contributed by atoms with E-state index in [1.165, 1.54) is 0 Å². The van der Waals surface area contributed by atoms with Gasteiger partial charge in [0.05, 0.1) is 0 Å². The van der Waals surface area contributed by atoms with Crippen LogP contribution in [0.3, 0.4) is 0 Å². The molecular formula is C13H14ClN5O3. The van der Waals surface area contributed by atoms with E-state index in [0.717, 1.165) is 0 Å². The van der Waals surface area contributed by atoms with Crippen LogP contribution in [0.2, 0.25) is 5.02 Å². The number of halogens is 1. The Kier molecular flexibility index (Phi) is 4.95. The summed E-state index contributed by atoms with van der Waals surface area (Å²) in [7, 11) is 0. The molecule has 0 saturated carbocycles. The van der Waals surface area contributed by atoms with E-state index in [9.17, 15) is 4.79 Å². The predicted octanol–water partition coefficient (Wildman–Crippen LogP) is 1.20. The number of anilines is 2. The van der Waals surface area contributed by atoms with Crippen LogP contribution in [0.15, 0.2) is 24.3 Å². The second-order valence-corrected chi connectivity index (χ2v) is 4.73. The molecule has 2 rings (SSSR count). The summed E-state index contributed by atoms with van der Waals surface area (Å²) in [5.74, 6) is 0.0140. The molecule has 116 valence electrons. The van der Waals surface area contributed by atoms with E-state index in [-0.39, 0.29) is 24.3 Å². The summed E-state index contributed by atoms with van der Waals surface area (Å²) < 4.78 is 10.5. The molecule has 1 atom stereocenters. The second kappa shape index (κ2) is 6.90. The fraction of sp³-hybridized carbons (Fsp3) is 0.231. The highest BCUT2D eigenvalue weighted by molar-refractivity contribution is 6.30. The third kappa shape index (κ3) is 4.45. The third-order valence-electron chi connectivity index (χ3n) is 2.52. The maximum Gasteiger partial charge on any atom is 0.347 e. The molecule has 0 fully saturated rings. The van der Waals surface area contributed by atoms with Crippen LogP contribution in [0.25, 0.3) is 0 Å². The number of aromatic nitrogens is 3. The van der Waals surface area contributed by atoms with E-state index in [0.29, 0.717) is 10.8 Å². The van der Waals surface area contributed by atoms with Crippen molar-refractivity contribution in [3.05, 3.63) is 35.1 Å². The molecule has 8 nitrogen and oxygen atoms in total. The lowest BCUT2D eigenvalue weighted by Crippen LogP contribution is -2.26. The number of nitrogens with zero attached hydrogens (tertiary/aromatic N) is 3. The molecular weight excluding hydrogens is 310 g/mol. The summed E-state index contributed by atoms with van der Waals surface area (Å²) in [6, 6.07) is 6.62. The summed E-state index contributed by atoms with van der Waals surface area (Å²) in [6.07, 6.45) is -0.808. The van der Waals surface area contributed by atoms with E-state index >= 15 is 0 Å². The highest BCUT2D eigenvalue weighted by Crippen LogP contribution is 2.17. The van der Waals surface area contributed by atoms with Gasteiger partial charge in [0, 0.05) is 5.02 Å². The minimum absolute atomic E-state index is 0.0380. The van der Waals surface area contributed by atoms with Gasteiger partial charge < -0.3 is 20.9 Å². The smallest absolute Gasteiger partial charge is 0.347 e. The van der Waals surface area contributed by atoms with Crippen LogP contribution in [0.1, 0.15) is 12.7 Å². The minimum atomic E-state index is -0.808. The standard InChI is InChI=1S/C13H14ClN5O3/c1-7(22-9-4-2-8(14)3-5-9)11(20)21-6-10-17-12(15)19-13(16)18-10/h2-5,7H,6H2,1H3,(H4,15,16,17,18,19). The van der Waals surface area contributed by atoms with Crippen molar-refractivity contribution >= 4 is 29.5 Å². The van der Waals surface area contributed by atoms with Crippen LogP contribution in [0.4, 0.5) is 11.9 Å². The summed E-state index contributed by atoms with van der Waals surface area (Å²) in [5.41, 5.74) is 10.8. The quantitative estimate of drug-likeness (QED) is 0.786. The molecule has 0 spiro atoms. The molecule has 0 bridgehead atoms. The van der Waals surface area contributed by atoms with E-state index in [1.54, 1.807) is 31.2 Å². The van der Waals surface area contributed by atoms with Gasteiger partial charge in [0.2, 0.25) is 11.9 Å². The Morgan fingerprint density at radius 1 is 1.18 bits per heavy atom. The van der Waals surface area contributed by atoms with Gasteiger partial charge in [-0.3, -0.25) is 0 Å². The SMILES string of the molecule is CC(Oc1ccc(Cl)cc1)C(=O)OCc1nc(N)nc(N)n1. The van der Waals surface area contributed by atoms with Crippen molar-refractivity contribution in [1.82, 2.24) is 15.0 Å². The van der Waals surface area contributed by atoms with Crippen LogP contribution in [-0.4, -0.2) is 27.0 Å².